The van der Waals surface area contributed by atoms with Gasteiger partial charge in [-0.15, -0.1) is 0 Å². The third kappa shape index (κ3) is 2.12. The van der Waals surface area contributed by atoms with Crippen LogP contribution in [0.15, 0.2) is 0 Å². The van der Waals surface area contributed by atoms with E-state index in [0.717, 1.165) is 19.5 Å². The quantitative estimate of drug-likeness (QED) is 0.770. The second-order valence-corrected chi connectivity index (χ2v) is 8.30. The summed E-state index contributed by atoms with van der Waals surface area (Å²) >= 11 is 0. The first-order valence-corrected chi connectivity index (χ1v) is 8.41. The van der Waals surface area contributed by atoms with Crippen LogP contribution >= 0.6 is 0 Å². The number of halogens is 1. The van der Waals surface area contributed by atoms with Crippen LogP contribution in [0.4, 0.5) is 4.39 Å². The van der Waals surface area contributed by atoms with E-state index in [0.29, 0.717) is 31.1 Å². The number of alkyl halides is 1. The van der Waals surface area contributed by atoms with Gasteiger partial charge in [0.2, 0.25) is 0 Å². The first kappa shape index (κ1) is 11.9. The van der Waals surface area contributed by atoms with Gasteiger partial charge in [0.05, 0.1) is 11.5 Å². The average molecular weight is 261 g/mol. The molecule has 0 amide bonds. The highest BCUT2D eigenvalue weighted by atomic mass is 32.2. The molecule has 3 fully saturated rings. The van der Waals surface area contributed by atoms with Gasteiger partial charge in [-0.2, -0.15) is 0 Å². The molecule has 1 aliphatic carbocycles. The number of rotatable bonds is 1. The topological polar surface area (TPSA) is 46.2 Å². The fraction of sp³-hybridized carbons (Fsp3) is 1.00. The summed E-state index contributed by atoms with van der Waals surface area (Å²) in [5.74, 6) is 0.964. The van der Waals surface area contributed by atoms with E-state index < -0.39 is 15.5 Å². The van der Waals surface area contributed by atoms with Gasteiger partial charge in [-0.05, 0) is 50.6 Å². The van der Waals surface area contributed by atoms with E-state index in [4.69, 9.17) is 0 Å². The van der Waals surface area contributed by atoms with Crippen molar-refractivity contribution in [1.82, 2.24) is 5.32 Å². The maximum atomic E-state index is 15.0. The van der Waals surface area contributed by atoms with Gasteiger partial charge in [0, 0.05) is 5.92 Å². The number of hydrogen-bond donors (Lipinski definition) is 1. The number of fused-ring (bicyclic) bond motifs is 1. The Kier molecular flexibility index (Phi) is 2.74. The molecule has 0 radical (unpaired) electrons. The minimum atomic E-state index is -2.99. The van der Waals surface area contributed by atoms with Crippen LogP contribution in [0.1, 0.15) is 25.7 Å². The van der Waals surface area contributed by atoms with Crippen molar-refractivity contribution < 1.29 is 12.8 Å². The fourth-order valence-electron chi connectivity index (χ4n) is 3.98. The molecule has 1 N–H and O–H groups in total. The fourth-order valence-corrected chi connectivity index (χ4v) is 5.84. The van der Waals surface area contributed by atoms with Crippen molar-refractivity contribution in [3.8, 4) is 0 Å². The molecule has 3 unspecified atom stereocenters. The Hall–Kier alpha value is -0.160. The number of nitrogens with one attached hydrogen (secondary N) is 1. The first-order valence-electron chi connectivity index (χ1n) is 6.59. The standard InChI is InChI=1S/C12H20FNO2S/c13-12(4-9-6-14-7-10(9)5-12)11-2-1-3-17(15,16)8-11/h9-11,14H,1-8H2. The van der Waals surface area contributed by atoms with Gasteiger partial charge >= 0.3 is 0 Å². The number of sulfone groups is 1. The Labute approximate surface area is 102 Å². The van der Waals surface area contributed by atoms with Gasteiger partial charge in [-0.1, -0.05) is 0 Å². The third-order valence-corrected chi connectivity index (χ3v) is 6.70. The van der Waals surface area contributed by atoms with Crippen LogP contribution in [-0.4, -0.2) is 38.7 Å². The lowest BCUT2D eigenvalue weighted by Gasteiger charge is -2.33. The van der Waals surface area contributed by atoms with E-state index >= 15 is 0 Å². The molecule has 3 nitrogen and oxygen atoms in total. The summed E-state index contributed by atoms with van der Waals surface area (Å²) < 4.78 is 38.2. The molecule has 0 aromatic carbocycles. The Morgan fingerprint density at radius 1 is 1.18 bits per heavy atom. The Morgan fingerprint density at radius 2 is 1.82 bits per heavy atom. The maximum Gasteiger partial charge on any atom is 0.150 e. The molecular weight excluding hydrogens is 241 g/mol. The Balaban J connectivity index is 1.75. The summed E-state index contributed by atoms with van der Waals surface area (Å²) in [6.07, 6.45) is 2.55. The minimum Gasteiger partial charge on any atom is -0.316 e. The second-order valence-electron chi connectivity index (χ2n) is 6.07. The van der Waals surface area contributed by atoms with Crippen LogP contribution in [0.2, 0.25) is 0 Å². The van der Waals surface area contributed by atoms with Gasteiger partial charge in [0.15, 0.2) is 9.84 Å². The summed E-state index contributed by atoms with van der Waals surface area (Å²) in [5, 5.41) is 3.30. The van der Waals surface area contributed by atoms with Gasteiger partial charge in [-0.3, -0.25) is 0 Å². The molecule has 98 valence electrons. The SMILES string of the molecule is O=S1(=O)CCCC(C2(F)CC3CNCC3C2)C1. The van der Waals surface area contributed by atoms with Gasteiger partial charge < -0.3 is 5.32 Å². The summed E-state index contributed by atoms with van der Waals surface area (Å²) in [6.45, 7) is 1.83. The van der Waals surface area contributed by atoms with E-state index in [1.165, 1.54) is 0 Å². The smallest absolute Gasteiger partial charge is 0.150 e. The minimum absolute atomic E-state index is 0.0797. The molecule has 3 atom stereocenters. The number of hydrogen-bond acceptors (Lipinski definition) is 3. The largest absolute Gasteiger partial charge is 0.316 e. The zero-order valence-electron chi connectivity index (χ0n) is 9.99. The van der Waals surface area contributed by atoms with Gasteiger partial charge in [0.25, 0.3) is 0 Å². The zero-order valence-corrected chi connectivity index (χ0v) is 10.8. The summed E-state index contributed by atoms with van der Waals surface area (Å²) in [5.41, 5.74) is -1.20. The van der Waals surface area contributed by atoms with Gasteiger partial charge in [0.1, 0.15) is 5.67 Å². The van der Waals surface area contributed by atoms with Crippen molar-refractivity contribution in [1.29, 1.82) is 0 Å². The molecule has 17 heavy (non-hydrogen) atoms. The molecule has 3 rings (SSSR count). The van der Waals surface area contributed by atoms with Crippen molar-refractivity contribution in [3.05, 3.63) is 0 Å². The lowest BCUT2D eigenvalue weighted by molar-refractivity contribution is 0.0823. The summed E-state index contributed by atoms with van der Waals surface area (Å²) in [6, 6.07) is 0. The van der Waals surface area contributed by atoms with Gasteiger partial charge in [-0.25, -0.2) is 12.8 Å². The van der Waals surface area contributed by atoms with Crippen LogP contribution in [0.5, 0.6) is 0 Å². The molecule has 0 aromatic heterocycles. The van der Waals surface area contributed by atoms with E-state index in [1.807, 2.05) is 0 Å². The van der Waals surface area contributed by atoms with Crippen molar-refractivity contribution in [2.24, 2.45) is 17.8 Å². The lowest BCUT2D eigenvalue weighted by atomic mass is 9.84. The molecule has 1 saturated carbocycles. The zero-order chi connectivity index (χ0) is 12.1. The molecular formula is C12H20FNO2S. The molecule has 5 heteroatoms. The Morgan fingerprint density at radius 3 is 2.41 bits per heavy atom. The first-order chi connectivity index (χ1) is 7.99. The van der Waals surface area contributed by atoms with Crippen LogP contribution in [0, 0.1) is 17.8 Å². The molecule has 2 heterocycles. The summed E-state index contributed by atoms with van der Waals surface area (Å²) in [4.78, 5) is 0. The predicted octanol–water partition coefficient (Wildman–Crippen LogP) is 1.15. The van der Waals surface area contributed by atoms with Crippen LogP contribution in [-0.2, 0) is 9.84 Å². The molecule has 0 aromatic rings. The lowest BCUT2D eigenvalue weighted by Crippen LogP contribution is -2.40. The molecule has 0 bridgehead atoms. The van der Waals surface area contributed by atoms with Crippen LogP contribution in [0.25, 0.3) is 0 Å². The molecule has 2 saturated heterocycles. The molecule has 2 aliphatic heterocycles. The van der Waals surface area contributed by atoms with Crippen LogP contribution in [0.3, 0.4) is 0 Å². The highest BCUT2D eigenvalue weighted by Crippen LogP contribution is 2.49. The third-order valence-electron chi connectivity index (χ3n) is 4.88. The Bertz CT molecular complexity index is 397. The maximum absolute atomic E-state index is 15.0. The van der Waals surface area contributed by atoms with Crippen molar-refractivity contribution in [3.63, 3.8) is 0 Å². The van der Waals surface area contributed by atoms with E-state index in [1.54, 1.807) is 0 Å². The van der Waals surface area contributed by atoms with Crippen molar-refractivity contribution in [2.45, 2.75) is 31.4 Å². The van der Waals surface area contributed by atoms with E-state index in [2.05, 4.69) is 5.32 Å². The highest BCUT2D eigenvalue weighted by molar-refractivity contribution is 7.91. The van der Waals surface area contributed by atoms with Crippen LogP contribution < -0.4 is 5.32 Å². The molecule has 0 spiro atoms. The second kappa shape index (κ2) is 3.92. The molecule has 3 aliphatic rings. The van der Waals surface area contributed by atoms with Crippen molar-refractivity contribution >= 4 is 9.84 Å². The highest BCUT2D eigenvalue weighted by Gasteiger charge is 2.52. The van der Waals surface area contributed by atoms with E-state index in [-0.39, 0.29) is 17.4 Å². The van der Waals surface area contributed by atoms with Crippen molar-refractivity contribution in [2.75, 3.05) is 24.6 Å². The van der Waals surface area contributed by atoms with E-state index in [9.17, 15) is 12.8 Å². The summed E-state index contributed by atoms with van der Waals surface area (Å²) in [7, 11) is -2.99. The average Bonchev–Trinajstić information content (AvgIpc) is 2.74. The normalized spacial score (nSPS) is 49.1. The predicted molar refractivity (Wildman–Crippen MR) is 64.3 cm³/mol. The monoisotopic (exact) mass is 261 g/mol.